The van der Waals surface area contributed by atoms with Crippen LogP contribution in [0.2, 0.25) is 0 Å². The van der Waals surface area contributed by atoms with E-state index in [1.165, 1.54) is 0 Å². The standard InChI is InChI=1S/C30H36N2O4/c1-21-28(19-32-13-15-34-16-14-32)35-30(36-29(21)25-7-5-22(20-33)6-8-25)26-11-9-24(10-12-26)27-4-2-3-23(17-27)18-31/h2-12,17,21,28-30,33H,13-16,18-20,31H2,1H3/t21-,28+,29+,30+/m0/s1. The summed E-state index contributed by atoms with van der Waals surface area (Å²) in [6, 6.07) is 24.8. The summed E-state index contributed by atoms with van der Waals surface area (Å²) in [6.45, 7) is 6.99. The molecule has 2 aliphatic rings. The number of aliphatic hydroxyl groups is 1. The molecule has 4 atom stereocenters. The van der Waals surface area contributed by atoms with Crippen molar-refractivity contribution in [3.05, 3.63) is 95.1 Å². The molecule has 0 saturated carbocycles. The first kappa shape index (κ1) is 25.1. The summed E-state index contributed by atoms with van der Waals surface area (Å²) in [6.07, 6.45) is -0.548. The number of nitrogens with two attached hydrogens (primary N) is 1. The van der Waals surface area contributed by atoms with Crippen molar-refractivity contribution in [1.29, 1.82) is 0 Å². The molecule has 6 heteroatoms. The van der Waals surface area contributed by atoms with E-state index in [1.54, 1.807) is 0 Å². The number of rotatable bonds is 7. The van der Waals surface area contributed by atoms with Crippen molar-refractivity contribution in [2.45, 2.75) is 38.6 Å². The lowest BCUT2D eigenvalue weighted by Gasteiger charge is -2.43. The molecule has 3 N–H and O–H groups in total. The van der Waals surface area contributed by atoms with Gasteiger partial charge in [0.25, 0.3) is 0 Å². The number of hydrogen-bond acceptors (Lipinski definition) is 6. The van der Waals surface area contributed by atoms with Gasteiger partial charge in [-0.2, -0.15) is 0 Å². The van der Waals surface area contributed by atoms with Gasteiger partial charge in [-0.05, 0) is 33.9 Å². The maximum atomic E-state index is 9.47. The number of aliphatic hydroxyl groups excluding tert-OH is 1. The van der Waals surface area contributed by atoms with E-state index in [2.05, 4.69) is 60.4 Å². The number of ether oxygens (including phenoxy) is 3. The normalized spacial score (nSPS) is 25.1. The van der Waals surface area contributed by atoms with Gasteiger partial charge in [-0.15, -0.1) is 0 Å². The second-order valence-electron chi connectivity index (χ2n) is 9.76. The lowest BCUT2D eigenvalue weighted by molar-refractivity contribution is -0.277. The molecule has 2 heterocycles. The maximum Gasteiger partial charge on any atom is 0.184 e. The molecule has 2 saturated heterocycles. The third-order valence-electron chi connectivity index (χ3n) is 7.34. The molecule has 5 rings (SSSR count). The Morgan fingerprint density at radius 2 is 1.58 bits per heavy atom. The van der Waals surface area contributed by atoms with Gasteiger partial charge in [0.2, 0.25) is 0 Å². The molecule has 0 bridgehead atoms. The Morgan fingerprint density at radius 1 is 0.861 bits per heavy atom. The highest BCUT2D eigenvalue weighted by Gasteiger charge is 2.39. The second-order valence-corrected chi connectivity index (χ2v) is 9.76. The SMILES string of the molecule is C[C@H]1[C@@H](CN2CCOCC2)O[C@@H](c2ccc(-c3cccc(CN)c3)cc2)O[C@H]1c1ccc(CO)cc1. The van der Waals surface area contributed by atoms with Crippen LogP contribution in [0.15, 0.2) is 72.8 Å². The van der Waals surface area contributed by atoms with Crippen LogP contribution in [0.25, 0.3) is 11.1 Å². The van der Waals surface area contributed by atoms with Crippen LogP contribution in [0.4, 0.5) is 0 Å². The number of benzene rings is 3. The molecular formula is C30H36N2O4. The van der Waals surface area contributed by atoms with E-state index < -0.39 is 6.29 Å². The molecule has 0 amide bonds. The first-order valence-electron chi connectivity index (χ1n) is 12.8. The van der Waals surface area contributed by atoms with Gasteiger partial charge >= 0.3 is 0 Å². The molecule has 2 aliphatic heterocycles. The van der Waals surface area contributed by atoms with Crippen LogP contribution in [-0.2, 0) is 27.4 Å². The van der Waals surface area contributed by atoms with Crippen LogP contribution in [0, 0.1) is 5.92 Å². The average molecular weight is 489 g/mol. The van der Waals surface area contributed by atoms with Gasteiger partial charge < -0.3 is 25.1 Å². The highest BCUT2D eigenvalue weighted by atomic mass is 16.7. The Hall–Kier alpha value is -2.58. The largest absolute Gasteiger partial charge is 0.392 e. The smallest absolute Gasteiger partial charge is 0.184 e. The van der Waals surface area contributed by atoms with Crippen molar-refractivity contribution in [1.82, 2.24) is 4.90 Å². The van der Waals surface area contributed by atoms with E-state index in [0.717, 1.165) is 66.2 Å². The summed E-state index contributed by atoms with van der Waals surface area (Å²) in [5.74, 6) is 0.169. The Kier molecular flexibility index (Phi) is 8.12. The van der Waals surface area contributed by atoms with E-state index in [9.17, 15) is 5.11 Å². The van der Waals surface area contributed by atoms with Gasteiger partial charge in [-0.25, -0.2) is 0 Å². The van der Waals surface area contributed by atoms with Crippen molar-refractivity contribution in [2.24, 2.45) is 11.7 Å². The summed E-state index contributed by atoms with van der Waals surface area (Å²) >= 11 is 0. The molecule has 3 aromatic rings. The second kappa shape index (κ2) is 11.6. The molecule has 36 heavy (non-hydrogen) atoms. The molecule has 0 aliphatic carbocycles. The fraction of sp³-hybridized carbons (Fsp3) is 0.400. The summed E-state index contributed by atoms with van der Waals surface area (Å²) in [7, 11) is 0. The summed E-state index contributed by atoms with van der Waals surface area (Å²) < 4.78 is 18.8. The van der Waals surface area contributed by atoms with Crippen LogP contribution in [0.1, 0.15) is 41.6 Å². The van der Waals surface area contributed by atoms with Crippen molar-refractivity contribution < 1.29 is 19.3 Å². The highest BCUT2D eigenvalue weighted by Crippen LogP contribution is 2.42. The van der Waals surface area contributed by atoms with Gasteiger partial charge in [0.05, 0.1) is 32.0 Å². The highest BCUT2D eigenvalue weighted by molar-refractivity contribution is 5.64. The van der Waals surface area contributed by atoms with Gasteiger partial charge in [0, 0.05) is 37.7 Å². The number of hydrogen-bond donors (Lipinski definition) is 2. The molecule has 2 fully saturated rings. The maximum absolute atomic E-state index is 9.47. The zero-order valence-electron chi connectivity index (χ0n) is 20.9. The molecule has 0 spiro atoms. The van der Waals surface area contributed by atoms with Gasteiger partial charge in [0.1, 0.15) is 0 Å². The molecule has 6 nitrogen and oxygen atoms in total. The first-order valence-corrected chi connectivity index (χ1v) is 12.8. The zero-order chi connectivity index (χ0) is 24.9. The number of nitrogens with zero attached hydrogens (tertiary/aromatic N) is 1. The predicted molar refractivity (Wildman–Crippen MR) is 140 cm³/mol. The van der Waals surface area contributed by atoms with E-state index in [-0.39, 0.29) is 24.7 Å². The molecule has 0 radical (unpaired) electrons. The third kappa shape index (κ3) is 5.70. The van der Waals surface area contributed by atoms with Gasteiger partial charge in [0.15, 0.2) is 6.29 Å². The zero-order valence-corrected chi connectivity index (χ0v) is 20.9. The van der Waals surface area contributed by atoms with Crippen LogP contribution in [0.5, 0.6) is 0 Å². The topological polar surface area (TPSA) is 77.2 Å². The van der Waals surface area contributed by atoms with E-state index >= 15 is 0 Å². The van der Waals surface area contributed by atoms with Crippen LogP contribution < -0.4 is 5.73 Å². The van der Waals surface area contributed by atoms with Crippen molar-refractivity contribution >= 4 is 0 Å². The summed E-state index contributed by atoms with van der Waals surface area (Å²) in [5.41, 5.74) is 12.2. The molecular weight excluding hydrogens is 452 g/mol. The molecule has 190 valence electrons. The summed E-state index contributed by atoms with van der Waals surface area (Å²) in [4.78, 5) is 2.42. The van der Waals surface area contributed by atoms with Gasteiger partial charge in [-0.3, -0.25) is 4.90 Å². The van der Waals surface area contributed by atoms with E-state index in [4.69, 9.17) is 19.9 Å². The minimum atomic E-state index is -0.459. The van der Waals surface area contributed by atoms with E-state index in [1.807, 2.05) is 24.3 Å². The van der Waals surface area contributed by atoms with Crippen LogP contribution in [0.3, 0.4) is 0 Å². The Labute approximate surface area is 213 Å². The number of morpholine rings is 1. The molecule has 0 unspecified atom stereocenters. The minimum absolute atomic E-state index is 0.0188. The fourth-order valence-corrected chi connectivity index (χ4v) is 5.08. The Morgan fingerprint density at radius 3 is 2.28 bits per heavy atom. The van der Waals surface area contributed by atoms with Crippen LogP contribution >= 0.6 is 0 Å². The lowest BCUT2D eigenvalue weighted by Crippen LogP contribution is -2.47. The van der Waals surface area contributed by atoms with Crippen molar-refractivity contribution in [3.63, 3.8) is 0 Å². The average Bonchev–Trinajstić information content (AvgIpc) is 2.95. The Bertz CT molecular complexity index is 1110. The molecule has 3 aromatic carbocycles. The lowest BCUT2D eigenvalue weighted by atomic mass is 9.90. The minimum Gasteiger partial charge on any atom is -0.392 e. The summed E-state index contributed by atoms with van der Waals surface area (Å²) in [5, 5.41) is 9.47. The predicted octanol–water partition coefficient (Wildman–Crippen LogP) is 4.43. The quantitative estimate of drug-likeness (QED) is 0.513. The Balaban J connectivity index is 1.39. The van der Waals surface area contributed by atoms with Crippen LogP contribution in [-0.4, -0.2) is 49.0 Å². The van der Waals surface area contributed by atoms with Crippen molar-refractivity contribution in [2.75, 3.05) is 32.8 Å². The van der Waals surface area contributed by atoms with E-state index in [0.29, 0.717) is 6.54 Å². The monoisotopic (exact) mass is 488 g/mol. The first-order chi connectivity index (χ1) is 17.6. The molecule has 0 aromatic heterocycles. The third-order valence-corrected chi connectivity index (χ3v) is 7.34. The fourth-order valence-electron chi connectivity index (χ4n) is 5.08. The van der Waals surface area contributed by atoms with Crippen molar-refractivity contribution in [3.8, 4) is 11.1 Å². The van der Waals surface area contributed by atoms with Gasteiger partial charge in [-0.1, -0.05) is 73.7 Å².